The molecule has 0 aliphatic rings. The van der Waals surface area contributed by atoms with Gasteiger partial charge in [0.25, 0.3) is 0 Å². The van der Waals surface area contributed by atoms with Gasteiger partial charge in [-0.2, -0.15) is 0 Å². The third-order valence-electron chi connectivity index (χ3n) is 1.07. The molecule has 0 saturated heterocycles. The first kappa shape index (κ1) is 9.18. The Hall–Kier alpha value is -0.820. The van der Waals surface area contributed by atoms with Crippen molar-refractivity contribution in [2.24, 2.45) is 0 Å². The molecule has 1 N–H and O–H groups in total. The number of allylic oxidation sites excluding steroid dienone is 4. The molecule has 0 heterocycles. The van der Waals surface area contributed by atoms with Crippen molar-refractivity contribution in [3.63, 3.8) is 0 Å². The summed E-state index contributed by atoms with van der Waals surface area (Å²) in [6.45, 7) is 3.98. The van der Waals surface area contributed by atoms with Crippen molar-refractivity contribution >= 4 is 0 Å². The molecule has 0 bridgehead atoms. The lowest BCUT2D eigenvalue weighted by Gasteiger charge is -1.90. The largest absolute Gasteiger partial charge is 0.392 e. The highest BCUT2D eigenvalue weighted by Crippen LogP contribution is 1.95. The first-order valence-corrected chi connectivity index (χ1v) is 3.40. The van der Waals surface area contributed by atoms with Gasteiger partial charge >= 0.3 is 0 Å². The van der Waals surface area contributed by atoms with Crippen LogP contribution in [0.1, 0.15) is 13.8 Å². The third-order valence-corrected chi connectivity index (χ3v) is 1.07. The zero-order valence-electron chi connectivity index (χ0n) is 6.54. The minimum absolute atomic E-state index is 0.106. The number of hydrogen-bond acceptors (Lipinski definition) is 1. The van der Waals surface area contributed by atoms with Crippen LogP contribution in [0.4, 0.5) is 0 Å². The van der Waals surface area contributed by atoms with Crippen molar-refractivity contribution in [3.8, 4) is 0 Å². The van der Waals surface area contributed by atoms with E-state index in [2.05, 4.69) is 0 Å². The normalized spacial score (nSPS) is 13.7. The van der Waals surface area contributed by atoms with Gasteiger partial charge in [0.15, 0.2) is 0 Å². The van der Waals surface area contributed by atoms with Gasteiger partial charge in [-0.3, -0.25) is 0 Å². The zero-order chi connectivity index (χ0) is 7.82. The van der Waals surface area contributed by atoms with Crippen LogP contribution in [0.2, 0.25) is 0 Å². The van der Waals surface area contributed by atoms with Crippen molar-refractivity contribution in [2.75, 3.05) is 6.61 Å². The maximum absolute atomic E-state index is 8.73. The van der Waals surface area contributed by atoms with Crippen LogP contribution < -0.4 is 0 Å². The van der Waals surface area contributed by atoms with Gasteiger partial charge in [-0.25, -0.2) is 0 Å². The predicted molar refractivity (Wildman–Crippen MR) is 44.8 cm³/mol. The van der Waals surface area contributed by atoms with E-state index in [1.165, 1.54) is 0 Å². The Labute approximate surface area is 62.4 Å². The van der Waals surface area contributed by atoms with Gasteiger partial charge < -0.3 is 5.11 Å². The summed E-state index contributed by atoms with van der Waals surface area (Å²) in [5, 5.41) is 8.73. The second-order valence-corrected chi connectivity index (χ2v) is 1.93. The average Bonchev–Trinajstić information content (AvgIpc) is 1.98. The molecule has 0 unspecified atom stereocenters. The van der Waals surface area contributed by atoms with Crippen molar-refractivity contribution in [3.05, 3.63) is 36.0 Å². The second-order valence-electron chi connectivity index (χ2n) is 1.93. The summed E-state index contributed by atoms with van der Waals surface area (Å²) < 4.78 is 0. The molecule has 0 amide bonds. The third kappa shape index (κ3) is 4.10. The molecule has 0 radical (unpaired) electrons. The number of aliphatic hydroxyl groups excluding tert-OH is 1. The summed E-state index contributed by atoms with van der Waals surface area (Å²) in [5.74, 6) is 0. The van der Waals surface area contributed by atoms with Crippen LogP contribution in [0.3, 0.4) is 0 Å². The van der Waals surface area contributed by atoms with Crippen molar-refractivity contribution in [1.29, 1.82) is 0 Å². The van der Waals surface area contributed by atoms with Gasteiger partial charge in [-0.1, -0.05) is 30.4 Å². The molecule has 0 aliphatic carbocycles. The van der Waals surface area contributed by atoms with E-state index in [9.17, 15) is 0 Å². The average molecular weight is 138 g/mol. The first-order valence-electron chi connectivity index (χ1n) is 3.40. The number of aliphatic hydroxyl groups is 1. The lowest BCUT2D eigenvalue weighted by Crippen LogP contribution is -1.83. The molecule has 0 aromatic carbocycles. The van der Waals surface area contributed by atoms with Crippen molar-refractivity contribution in [1.82, 2.24) is 0 Å². The molecular formula is C9H14O. The van der Waals surface area contributed by atoms with Crippen LogP contribution in [0.5, 0.6) is 0 Å². The van der Waals surface area contributed by atoms with Gasteiger partial charge in [0, 0.05) is 0 Å². The molecule has 10 heavy (non-hydrogen) atoms. The van der Waals surface area contributed by atoms with Crippen LogP contribution in [0.15, 0.2) is 36.0 Å². The SMILES string of the molecule is C\C=C/C(=C\C=C\C)CO. The van der Waals surface area contributed by atoms with Crippen LogP contribution in [0.25, 0.3) is 0 Å². The van der Waals surface area contributed by atoms with E-state index in [4.69, 9.17) is 5.11 Å². The minimum Gasteiger partial charge on any atom is -0.392 e. The topological polar surface area (TPSA) is 20.2 Å². The summed E-state index contributed by atoms with van der Waals surface area (Å²) in [6, 6.07) is 0. The predicted octanol–water partition coefficient (Wildman–Crippen LogP) is 2.06. The van der Waals surface area contributed by atoms with Crippen molar-refractivity contribution < 1.29 is 5.11 Å². The van der Waals surface area contributed by atoms with Crippen LogP contribution >= 0.6 is 0 Å². The monoisotopic (exact) mass is 138 g/mol. The van der Waals surface area contributed by atoms with E-state index in [0.717, 1.165) is 5.57 Å². The van der Waals surface area contributed by atoms with Crippen LogP contribution in [-0.4, -0.2) is 11.7 Å². The molecule has 56 valence electrons. The summed E-state index contributed by atoms with van der Waals surface area (Å²) >= 11 is 0. The minimum atomic E-state index is 0.106. The fraction of sp³-hybridized carbons (Fsp3) is 0.333. The second kappa shape index (κ2) is 6.30. The van der Waals surface area contributed by atoms with E-state index < -0.39 is 0 Å². The molecule has 0 spiro atoms. The molecule has 0 atom stereocenters. The lowest BCUT2D eigenvalue weighted by molar-refractivity contribution is 0.335. The molecule has 0 saturated carbocycles. The Bertz CT molecular complexity index is 152. The maximum atomic E-state index is 8.73. The summed E-state index contributed by atoms with van der Waals surface area (Å²) in [4.78, 5) is 0. The quantitative estimate of drug-likeness (QED) is 0.592. The molecule has 0 aromatic rings. The van der Waals surface area contributed by atoms with E-state index in [1.807, 2.05) is 44.2 Å². The van der Waals surface area contributed by atoms with Gasteiger partial charge in [0.2, 0.25) is 0 Å². The van der Waals surface area contributed by atoms with Gasteiger partial charge in [-0.05, 0) is 19.4 Å². The standard InChI is InChI=1S/C9H14O/c1-3-5-7-9(8-10)6-4-2/h3-7,10H,8H2,1-2H3/b5-3+,6-4-,9-7+. The van der Waals surface area contributed by atoms with Gasteiger partial charge in [-0.15, -0.1) is 0 Å². The molecular weight excluding hydrogens is 124 g/mol. The Morgan fingerprint density at radius 2 is 2.00 bits per heavy atom. The van der Waals surface area contributed by atoms with E-state index >= 15 is 0 Å². The summed E-state index contributed by atoms with van der Waals surface area (Å²) in [5.41, 5.74) is 0.931. The fourth-order valence-corrected chi connectivity index (χ4v) is 0.595. The van der Waals surface area contributed by atoms with Crippen molar-refractivity contribution in [2.45, 2.75) is 13.8 Å². The van der Waals surface area contributed by atoms with E-state index in [-0.39, 0.29) is 6.61 Å². The van der Waals surface area contributed by atoms with Gasteiger partial charge in [0.05, 0.1) is 6.61 Å². The fourth-order valence-electron chi connectivity index (χ4n) is 0.595. The zero-order valence-corrected chi connectivity index (χ0v) is 6.54. The van der Waals surface area contributed by atoms with Crippen LogP contribution in [-0.2, 0) is 0 Å². The van der Waals surface area contributed by atoms with Gasteiger partial charge in [0.1, 0.15) is 0 Å². The maximum Gasteiger partial charge on any atom is 0.0681 e. The van der Waals surface area contributed by atoms with E-state index in [0.29, 0.717) is 0 Å². The highest BCUT2D eigenvalue weighted by atomic mass is 16.3. The number of rotatable bonds is 3. The van der Waals surface area contributed by atoms with E-state index in [1.54, 1.807) is 0 Å². The van der Waals surface area contributed by atoms with Crippen LogP contribution in [0, 0.1) is 0 Å². The Kier molecular flexibility index (Phi) is 5.79. The molecule has 0 aromatic heterocycles. The molecule has 0 fully saturated rings. The molecule has 0 aliphatic heterocycles. The number of hydrogen-bond donors (Lipinski definition) is 1. The summed E-state index contributed by atoms with van der Waals surface area (Å²) in [6.07, 6.45) is 9.52. The molecule has 1 nitrogen and oxygen atoms in total. The molecule has 0 rings (SSSR count). The molecule has 1 heteroatoms. The summed E-state index contributed by atoms with van der Waals surface area (Å²) in [7, 11) is 0. The lowest BCUT2D eigenvalue weighted by atomic mass is 10.2. The highest BCUT2D eigenvalue weighted by Gasteiger charge is 1.82. The Morgan fingerprint density at radius 1 is 1.30 bits per heavy atom. The Morgan fingerprint density at radius 3 is 2.40 bits per heavy atom. The smallest absolute Gasteiger partial charge is 0.0681 e. The Balaban J connectivity index is 4.04. The highest BCUT2D eigenvalue weighted by molar-refractivity contribution is 5.23. The first-order chi connectivity index (χ1) is 4.85.